The van der Waals surface area contributed by atoms with Crippen molar-refractivity contribution in [3.05, 3.63) is 48.0 Å². The molecule has 212 valence electrons. The van der Waals surface area contributed by atoms with E-state index in [1.165, 1.54) is 18.8 Å². The molecule has 6 heterocycles. The van der Waals surface area contributed by atoms with Gasteiger partial charge in [0.2, 0.25) is 0 Å². The van der Waals surface area contributed by atoms with Crippen LogP contribution in [0.1, 0.15) is 49.2 Å². The first-order chi connectivity index (χ1) is 18.9. The predicted octanol–water partition coefficient (Wildman–Crippen LogP) is 4.97. The molecule has 0 aliphatic carbocycles. The molecule has 9 nitrogen and oxygen atoms in total. The van der Waals surface area contributed by atoms with Crippen molar-refractivity contribution < 1.29 is 22.7 Å². The van der Waals surface area contributed by atoms with Crippen LogP contribution in [0.5, 0.6) is 0 Å². The first-order valence-corrected chi connectivity index (χ1v) is 13.4. The summed E-state index contributed by atoms with van der Waals surface area (Å²) in [6, 6.07) is 5.31. The average Bonchev–Trinajstić information content (AvgIpc) is 3.55. The Labute approximate surface area is 230 Å². The molecule has 1 spiro atoms. The van der Waals surface area contributed by atoms with E-state index < -0.39 is 24.3 Å². The molecule has 0 radical (unpaired) electrons. The quantitative estimate of drug-likeness (QED) is 0.442. The zero-order valence-electron chi connectivity index (χ0n) is 22.8. The monoisotopic (exact) mass is 555 g/mol. The number of halogens is 3. The summed E-state index contributed by atoms with van der Waals surface area (Å²) in [5.41, 5.74) is 2.66. The molecule has 6 rings (SSSR count). The molecular formula is C28H32F3N7O2. The fourth-order valence-corrected chi connectivity index (χ4v) is 6.18. The van der Waals surface area contributed by atoms with Crippen LogP contribution in [0, 0.1) is 5.41 Å². The number of aromatic nitrogens is 4. The Morgan fingerprint density at radius 1 is 1.05 bits per heavy atom. The minimum atomic E-state index is -4.36. The molecule has 3 aromatic rings. The van der Waals surface area contributed by atoms with E-state index in [9.17, 15) is 18.0 Å². The van der Waals surface area contributed by atoms with Crippen molar-refractivity contribution in [2.75, 3.05) is 43.4 Å². The van der Waals surface area contributed by atoms with Crippen LogP contribution in [0.4, 0.5) is 30.5 Å². The van der Waals surface area contributed by atoms with Crippen molar-refractivity contribution in [3.63, 3.8) is 0 Å². The van der Waals surface area contributed by atoms with Crippen molar-refractivity contribution in [1.82, 2.24) is 24.6 Å². The van der Waals surface area contributed by atoms with E-state index in [4.69, 9.17) is 4.74 Å². The SMILES string of the molecule is CN1CCC2(CCN(c3cc(Nc4ccc5c(n4)C(C)(C)OC5=O)ncc3-c3cnn(CC(F)(F)F)c3)CC2)C1. The molecule has 0 aromatic carbocycles. The third-order valence-electron chi connectivity index (χ3n) is 8.25. The van der Waals surface area contributed by atoms with E-state index in [0.29, 0.717) is 33.9 Å². The van der Waals surface area contributed by atoms with Gasteiger partial charge in [0.15, 0.2) is 0 Å². The number of fused-ring (bicyclic) bond motifs is 1. The molecule has 0 unspecified atom stereocenters. The molecular weight excluding hydrogens is 523 g/mol. The average molecular weight is 556 g/mol. The Morgan fingerprint density at radius 2 is 1.80 bits per heavy atom. The minimum absolute atomic E-state index is 0.317. The number of rotatable bonds is 5. The highest BCUT2D eigenvalue weighted by Crippen LogP contribution is 2.43. The number of cyclic esters (lactones) is 1. The second kappa shape index (κ2) is 9.46. The summed E-state index contributed by atoms with van der Waals surface area (Å²) in [6.45, 7) is 6.31. The topological polar surface area (TPSA) is 88.4 Å². The van der Waals surface area contributed by atoms with E-state index in [0.717, 1.165) is 55.0 Å². The Kier molecular flexibility index (Phi) is 6.28. The van der Waals surface area contributed by atoms with E-state index in [1.807, 2.05) is 6.07 Å². The second-order valence-electron chi connectivity index (χ2n) is 11.7. The van der Waals surface area contributed by atoms with Gasteiger partial charge < -0.3 is 19.9 Å². The highest BCUT2D eigenvalue weighted by atomic mass is 19.4. The molecule has 0 atom stereocenters. The number of carbonyl (C=O) groups is 1. The minimum Gasteiger partial charge on any atom is -0.449 e. The zero-order valence-corrected chi connectivity index (χ0v) is 22.8. The van der Waals surface area contributed by atoms with Crippen molar-refractivity contribution in [1.29, 1.82) is 0 Å². The van der Waals surface area contributed by atoms with Crippen molar-refractivity contribution >= 4 is 23.3 Å². The summed E-state index contributed by atoms with van der Waals surface area (Å²) in [5, 5.41) is 7.20. The number of esters is 1. The summed E-state index contributed by atoms with van der Waals surface area (Å²) in [5.74, 6) is 0.657. The lowest BCUT2D eigenvalue weighted by atomic mass is 9.77. The van der Waals surface area contributed by atoms with Crippen LogP contribution in [-0.4, -0.2) is 70.0 Å². The number of nitrogens with zero attached hydrogens (tertiary/aromatic N) is 6. The van der Waals surface area contributed by atoms with Crippen molar-refractivity contribution in [2.45, 2.75) is 51.4 Å². The van der Waals surface area contributed by atoms with Gasteiger partial charge in [0.1, 0.15) is 29.5 Å². The molecule has 2 fully saturated rings. The van der Waals surface area contributed by atoms with E-state index in [2.05, 4.69) is 37.2 Å². The molecule has 12 heteroatoms. The highest BCUT2D eigenvalue weighted by molar-refractivity contribution is 5.94. The second-order valence-corrected chi connectivity index (χ2v) is 11.7. The van der Waals surface area contributed by atoms with Crippen LogP contribution in [0.25, 0.3) is 11.1 Å². The lowest BCUT2D eigenvalue weighted by Gasteiger charge is -2.41. The number of hydrogen-bond donors (Lipinski definition) is 1. The molecule has 2 saturated heterocycles. The van der Waals surface area contributed by atoms with Crippen molar-refractivity contribution in [3.8, 4) is 11.1 Å². The van der Waals surface area contributed by atoms with E-state index >= 15 is 0 Å². The molecule has 3 aromatic heterocycles. The first kappa shape index (κ1) is 26.5. The molecule has 0 bridgehead atoms. The van der Waals surface area contributed by atoms with Gasteiger partial charge >= 0.3 is 12.1 Å². The number of carbonyl (C=O) groups excluding carboxylic acids is 1. The normalized spacial score (nSPS) is 20.1. The Balaban J connectivity index is 1.31. The number of likely N-dealkylation sites (tertiary alicyclic amines) is 1. The maximum absolute atomic E-state index is 13.0. The van der Waals surface area contributed by atoms with Gasteiger partial charge in [-0.05, 0) is 64.3 Å². The van der Waals surface area contributed by atoms with Gasteiger partial charge in [-0.15, -0.1) is 0 Å². The molecule has 40 heavy (non-hydrogen) atoms. The van der Waals surface area contributed by atoms with Gasteiger partial charge in [0.25, 0.3) is 0 Å². The number of nitrogens with one attached hydrogen (secondary N) is 1. The standard InChI is InChI=1S/C28H32F3N7O2/c1-26(2)24-19(25(39)40-26)4-5-22(35-24)34-23-12-21(37-10-7-27(8-11-37)6-9-36(3)16-27)20(14-32-23)18-13-33-38(15-18)17-28(29,30)31/h4-5,12-15H,6-11,16-17H2,1-3H3,(H,32,34,35). The summed E-state index contributed by atoms with van der Waals surface area (Å²) in [6.07, 6.45) is 3.46. The molecule has 3 aliphatic rings. The van der Waals surface area contributed by atoms with Gasteiger partial charge in [-0.3, -0.25) is 4.68 Å². The highest BCUT2D eigenvalue weighted by Gasteiger charge is 2.41. The zero-order chi connectivity index (χ0) is 28.3. The lowest BCUT2D eigenvalue weighted by Crippen LogP contribution is -2.41. The van der Waals surface area contributed by atoms with Crippen molar-refractivity contribution in [2.24, 2.45) is 5.41 Å². The summed E-state index contributed by atoms with van der Waals surface area (Å²) in [4.78, 5) is 26.0. The predicted molar refractivity (Wildman–Crippen MR) is 143 cm³/mol. The molecule has 0 amide bonds. The lowest BCUT2D eigenvalue weighted by molar-refractivity contribution is -0.142. The van der Waals surface area contributed by atoms with Crippen LogP contribution in [-0.2, 0) is 16.9 Å². The van der Waals surface area contributed by atoms with Crippen LogP contribution in [0.15, 0.2) is 36.8 Å². The van der Waals surface area contributed by atoms with Crippen LogP contribution >= 0.6 is 0 Å². The van der Waals surface area contributed by atoms with Gasteiger partial charge in [-0.25, -0.2) is 14.8 Å². The van der Waals surface area contributed by atoms with Gasteiger partial charge in [0.05, 0.1) is 11.8 Å². The first-order valence-electron chi connectivity index (χ1n) is 13.4. The molecule has 1 N–H and O–H groups in total. The number of piperidine rings is 1. The number of hydrogen-bond acceptors (Lipinski definition) is 8. The third kappa shape index (κ3) is 5.12. The van der Waals surface area contributed by atoms with Gasteiger partial charge in [0, 0.05) is 54.9 Å². The maximum atomic E-state index is 13.0. The third-order valence-corrected chi connectivity index (χ3v) is 8.25. The Morgan fingerprint density at radius 3 is 2.50 bits per heavy atom. The van der Waals surface area contributed by atoms with Crippen LogP contribution < -0.4 is 10.2 Å². The van der Waals surface area contributed by atoms with Crippen LogP contribution in [0.3, 0.4) is 0 Å². The smallest absolute Gasteiger partial charge is 0.408 e. The number of ether oxygens (including phenoxy) is 1. The number of pyridine rings is 2. The van der Waals surface area contributed by atoms with Crippen LogP contribution in [0.2, 0.25) is 0 Å². The Bertz CT molecular complexity index is 1440. The Hall–Kier alpha value is -3.67. The van der Waals surface area contributed by atoms with E-state index in [-0.39, 0.29) is 0 Å². The van der Waals surface area contributed by atoms with Gasteiger partial charge in [-0.2, -0.15) is 18.3 Å². The maximum Gasteiger partial charge on any atom is 0.408 e. The number of alkyl halides is 3. The summed E-state index contributed by atoms with van der Waals surface area (Å²) in [7, 11) is 2.16. The summed E-state index contributed by atoms with van der Waals surface area (Å²) >= 11 is 0. The molecule has 3 aliphatic heterocycles. The van der Waals surface area contributed by atoms with Gasteiger partial charge in [-0.1, -0.05) is 0 Å². The fraction of sp³-hybridized carbons (Fsp3) is 0.500. The molecule has 0 saturated carbocycles. The summed E-state index contributed by atoms with van der Waals surface area (Å²) < 4.78 is 45.3. The number of anilines is 3. The largest absolute Gasteiger partial charge is 0.449 e. The fourth-order valence-electron chi connectivity index (χ4n) is 6.18. The van der Waals surface area contributed by atoms with E-state index in [1.54, 1.807) is 32.2 Å².